The average molecular weight is 517 g/mol. The minimum Gasteiger partial charge on any atom is -0.399 e. The van der Waals surface area contributed by atoms with E-state index in [1.165, 1.54) is 18.2 Å². The standard InChI is InChI=1S/C20H23F4N7O5/c1-11-16(36-18(34)20(22,23)24)29-15(28-7-6-12-4-2-3-5-13(12)21)17(33)31(11)10-14(32)27-8-9-35-30-19(25)26/h2-5H,6-10H2,1H3,(H,27,32)(H,28,29)(H4,25,26,30). The summed E-state index contributed by atoms with van der Waals surface area (Å²) in [4.78, 5) is 44.9. The van der Waals surface area contributed by atoms with Crippen molar-refractivity contribution in [3.63, 3.8) is 0 Å². The lowest BCUT2D eigenvalue weighted by molar-refractivity contribution is -0.190. The Morgan fingerprint density at radius 2 is 1.89 bits per heavy atom. The van der Waals surface area contributed by atoms with Crippen molar-refractivity contribution in [2.45, 2.75) is 26.1 Å². The summed E-state index contributed by atoms with van der Waals surface area (Å²) in [6.07, 6.45) is -5.24. The smallest absolute Gasteiger partial charge is 0.399 e. The quantitative estimate of drug-likeness (QED) is 0.0806. The second-order valence-electron chi connectivity index (χ2n) is 7.10. The van der Waals surface area contributed by atoms with Crippen LogP contribution < -0.4 is 32.4 Å². The fraction of sp³-hybridized carbons (Fsp3) is 0.350. The first kappa shape index (κ1) is 27.9. The molecule has 0 aliphatic heterocycles. The number of carbonyl (C=O) groups is 2. The van der Waals surface area contributed by atoms with E-state index in [4.69, 9.17) is 16.3 Å². The Balaban J connectivity index is 2.24. The van der Waals surface area contributed by atoms with E-state index in [1.54, 1.807) is 6.07 Å². The molecule has 0 bridgehead atoms. The Labute approximate surface area is 201 Å². The van der Waals surface area contributed by atoms with E-state index in [2.05, 4.69) is 25.5 Å². The van der Waals surface area contributed by atoms with Gasteiger partial charge in [0.1, 0.15) is 19.0 Å². The van der Waals surface area contributed by atoms with Crippen LogP contribution in [0.25, 0.3) is 0 Å². The third-order valence-electron chi connectivity index (χ3n) is 4.43. The van der Waals surface area contributed by atoms with Crippen LogP contribution in [0, 0.1) is 12.7 Å². The van der Waals surface area contributed by atoms with Crippen molar-refractivity contribution in [2.75, 3.05) is 25.0 Å². The topological polar surface area (TPSA) is 176 Å². The third kappa shape index (κ3) is 8.14. The van der Waals surface area contributed by atoms with E-state index in [0.29, 0.717) is 5.56 Å². The molecule has 0 unspecified atom stereocenters. The Kier molecular flexibility index (Phi) is 9.57. The van der Waals surface area contributed by atoms with Gasteiger partial charge in [-0.1, -0.05) is 18.2 Å². The maximum absolute atomic E-state index is 13.8. The highest BCUT2D eigenvalue weighted by Gasteiger charge is 2.42. The van der Waals surface area contributed by atoms with Crippen molar-refractivity contribution >= 4 is 23.7 Å². The first-order valence-electron chi connectivity index (χ1n) is 10.3. The number of guanidine groups is 1. The molecule has 12 nitrogen and oxygen atoms in total. The number of anilines is 1. The lowest BCUT2D eigenvalue weighted by Crippen LogP contribution is -2.37. The summed E-state index contributed by atoms with van der Waals surface area (Å²) in [6, 6.07) is 5.84. The van der Waals surface area contributed by atoms with Gasteiger partial charge in [0.15, 0.2) is 5.82 Å². The van der Waals surface area contributed by atoms with E-state index in [0.717, 1.165) is 11.5 Å². The highest BCUT2D eigenvalue weighted by molar-refractivity contribution is 5.78. The van der Waals surface area contributed by atoms with Crippen molar-refractivity contribution in [1.29, 1.82) is 0 Å². The SMILES string of the molecule is Cc1c(OC(=O)C(F)(F)F)nc(NCCc2ccccc2F)c(=O)n1CC(=O)NCCON=C(N)N. The average Bonchev–Trinajstić information content (AvgIpc) is 2.79. The molecule has 0 fully saturated rings. The van der Waals surface area contributed by atoms with Gasteiger partial charge in [-0.3, -0.25) is 14.2 Å². The maximum atomic E-state index is 13.8. The molecule has 1 heterocycles. The number of benzene rings is 1. The van der Waals surface area contributed by atoms with Gasteiger partial charge < -0.3 is 31.7 Å². The molecule has 0 saturated heterocycles. The van der Waals surface area contributed by atoms with Crippen LogP contribution in [0.2, 0.25) is 0 Å². The molecule has 0 aliphatic carbocycles. The Morgan fingerprint density at radius 1 is 1.19 bits per heavy atom. The summed E-state index contributed by atoms with van der Waals surface area (Å²) in [5, 5.41) is 8.21. The zero-order valence-electron chi connectivity index (χ0n) is 18.9. The highest BCUT2D eigenvalue weighted by atomic mass is 19.4. The number of nitrogens with one attached hydrogen (secondary N) is 2. The number of carbonyl (C=O) groups excluding carboxylic acids is 2. The number of aromatic nitrogens is 2. The molecule has 0 spiro atoms. The van der Waals surface area contributed by atoms with Gasteiger partial charge in [-0.15, -0.1) is 0 Å². The Hall–Kier alpha value is -4.37. The number of nitrogens with zero attached hydrogens (tertiary/aromatic N) is 3. The highest BCUT2D eigenvalue weighted by Crippen LogP contribution is 2.21. The van der Waals surface area contributed by atoms with Crippen molar-refractivity contribution in [3.8, 4) is 5.88 Å². The summed E-state index contributed by atoms with van der Waals surface area (Å²) < 4.78 is 57.1. The monoisotopic (exact) mass is 517 g/mol. The number of ether oxygens (including phenoxy) is 1. The Bertz CT molecular complexity index is 1180. The molecule has 2 rings (SSSR count). The van der Waals surface area contributed by atoms with Crippen molar-refractivity contribution < 1.29 is 36.7 Å². The molecule has 1 aromatic heterocycles. The van der Waals surface area contributed by atoms with Gasteiger partial charge in [-0.05, 0) is 30.1 Å². The van der Waals surface area contributed by atoms with Crippen LogP contribution in [-0.2, 0) is 27.4 Å². The van der Waals surface area contributed by atoms with Crippen LogP contribution in [0.1, 0.15) is 11.3 Å². The van der Waals surface area contributed by atoms with Gasteiger partial charge in [0, 0.05) is 6.54 Å². The molecule has 36 heavy (non-hydrogen) atoms. The normalized spacial score (nSPS) is 10.9. The van der Waals surface area contributed by atoms with Gasteiger partial charge in [-0.2, -0.15) is 18.2 Å². The van der Waals surface area contributed by atoms with E-state index in [9.17, 15) is 31.9 Å². The van der Waals surface area contributed by atoms with Crippen molar-refractivity contribution in [2.24, 2.45) is 16.6 Å². The molecule has 16 heteroatoms. The summed E-state index contributed by atoms with van der Waals surface area (Å²) >= 11 is 0. The van der Waals surface area contributed by atoms with Crippen molar-refractivity contribution in [3.05, 3.63) is 51.7 Å². The second-order valence-corrected chi connectivity index (χ2v) is 7.10. The minimum atomic E-state index is -5.33. The zero-order chi connectivity index (χ0) is 26.9. The number of amides is 1. The fourth-order valence-electron chi connectivity index (χ4n) is 2.75. The molecule has 6 N–H and O–H groups in total. The molecule has 0 aliphatic rings. The number of hydrogen-bond donors (Lipinski definition) is 4. The third-order valence-corrected chi connectivity index (χ3v) is 4.43. The number of hydrogen-bond acceptors (Lipinski definition) is 8. The molecular formula is C20H23F4N7O5. The van der Waals surface area contributed by atoms with Crippen LogP contribution in [0.3, 0.4) is 0 Å². The second kappa shape index (κ2) is 12.4. The molecule has 0 atom stereocenters. The predicted molar refractivity (Wildman–Crippen MR) is 118 cm³/mol. The van der Waals surface area contributed by atoms with E-state index >= 15 is 0 Å². The van der Waals surface area contributed by atoms with Crippen LogP contribution >= 0.6 is 0 Å². The van der Waals surface area contributed by atoms with Gasteiger partial charge >= 0.3 is 12.1 Å². The molecule has 2 aromatic rings. The van der Waals surface area contributed by atoms with Crippen LogP contribution in [0.5, 0.6) is 5.88 Å². The zero-order valence-corrected chi connectivity index (χ0v) is 18.9. The van der Waals surface area contributed by atoms with E-state index < -0.39 is 47.7 Å². The van der Waals surface area contributed by atoms with E-state index in [1.807, 2.05) is 0 Å². The Morgan fingerprint density at radius 3 is 2.53 bits per heavy atom. The summed E-state index contributed by atoms with van der Waals surface area (Å²) in [6.45, 7) is 0.246. The van der Waals surface area contributed by atoms with Gasteiger partial charge in [-0.25, -0.2) is 9.18 Å². The van der Waals surface area contributed by atoms with E-state index in [-0.39, 0.29) is 37.8 Å². The minimum absolute atomic E-state index is 0.0484. The fourth-order valence-corrected chi connectivity index (χ4v) is 2.75. The molecule has 0 saturated carbocycles. The molecule has 1 amide bonds. The summed E-state index contributed by atoms with van der Waals surface area (Å²) in [5.74, 6) is -5.47. The number of esters is 1. The van der Waals surface area contributed by atoms with Gasteiger partial charge in [0.25, 0.3) is 5.56 Å². The largest absolute Gasteiger partial charge is 0.491 e. The number of nitrogens with two attached hydrogens (primary N) is 2. The molecule has 0 radical (unpaired) electrons. The first-order valence-corrected chi connectivity index (χ1v) is 10.3. The molecule has 196 valence electrons. The van der Waals surface area contributed by atoms with Gasteiger partial charge in [0.05, 0.1) is 12.2 Å². The van der Waals surface area contributed by atoms with Crippen molar-refractivity contribution in [1.82, 2.24) is 14.9 Å². The first-order chi connectivity index (χ1) is 16.9. The van der Waals surface area contributed by atoms with Crippen LogP contribution in [-0.4, -0.2) is 53.3 Å². The lowest BCUT2D eigenvalue weighted by atomic mass is 10.1. The van der Waals surface area contributed by atoms with Crippen LogP contribution in [0.15, 0.2) is 34.2 Å². The number of alkyl halides is 3. The number of halogens is 4. The molecular weight excluding hydrogens is 494 g/mol. The maximum Gasteiger partial charge on any atom is 0.491 e. The predicted octanol–water partition coefficient (Wildman–Crippen LogP) is 0.134. The number of rotatable bonds is 11. The lowest BCUT2D eigenvalue weighted by Gasteiger charge is -2.16. The summed E-state index contributed by atoms with van der Waals surface area (Å²) in [7, 11) is 0. The van der Waals surface area contributed by atoms with Crippen LogP contribution in [0.4, 0.5) is 23.4 Å². The molecule has 1 aromatic carbocycles. The summed E-state index contributed by atoms with van der Waals surface area (Å²) in [5.41, 5.74) is 9.25. The van der Waals surface area contributed by atoms with Gasteiger partial charge in [0.2, 0.25) is 17.7 Å². The number of oxime groups is 1.